The van der Waals surface area contributed by atoms with Crippen LogP contribution in [-0.2, 0) is 10.2 Å². The summed E-state index contributed by atoms with van der Waals surface area (Å²) in [5, 5.41) is 0. The minimum atomic E-state index is -3.31. The third-order valence-electron chi connectivity index (χ3n) is 3.84. The van der Waals surface area contributed by atoms with Crippen LogP contribution in [0.15, 0.2) is 16.8 Å². The molecule has 3 heterocycles. The van der Waals surface area contributed by atoms with Crippen molar-refractivity contribution >= 4 is 16.5 Å². The van der Waals surface area contributed by atoms with Gasteiger partial charge in [-0.3, -0.25) is 4.99 Å². The smallest absolute Gasteiger partial charge is 0.279 e. The van der Waals surface area contributed by atoms with Crippen molar-refractivity contribution in [1.29, 1.82) is 0 Å². The van der Waals surface area contributed by atoms with E-state index in [2.05, 4.69) is 15.8 Å². The van der Waals surface area contributed by atoms with E-state index < -0.39 is 10.2 Å². The molecule has 0 aliphatic carbocycles. The lowest BCUT2D eigenvalue weighted by Crippen LogP contribution is -2.45. The molecule has 0 aromatic rings. The molecule has 0 amide bonds. The lowest BCUT2D eigenvalue weighted by atomic mass is 10.2. The molecule has 0 spiro atoms. The molecular formula is C14H26N4O2S. The zero-order chi connectivity index (χ0) is 15.5. The molecule has 3 aliphatic heterocycles. The van der Waals surface area contributed by atoms with E-state index in [1.807, 2.05) is 32.0 Å². The maximum atomic E-state index is 12.2. The van der Waals surface area contributed by atoms with Gasteiger partial charge in [-0.2, -0.15) is 17.4 Å². The lowest BCUT2D eigenvalue weighted by Gasteiger charge is -2.20. The third-order valence-corrected chi connectivity index (χ3v) is 5.51. The maximum absolute atomic E-state index is 12.2. The number of fused-ring (bicyclic) bond motifs is 1. The van der Waals surface area contributed by atoms with Gasteiger partial charge < -0.3 is 4.90 Å². The van der Waals surface area contributed by atoms with Crippen LogP contribution in [0.4, 0.5) is 0 Å². The molecule has 2 fully saturated rings. The Morgan fingerprint density at radius 2 is 1.95 bits per heavy atom. The van der Waals surface area contributed by atoms with Crippen LogP contribution < -0.4 is 4.72 Å². The van der Waals surface area contributed by atoms with Gasteiger partial charge in [-0.25, -0.2) is 0 Å². The van der Waals surface area contributed by atoms with E-state index in [4.69, 9.17) is 0 Å². The standard InChI is InChI=1S/C12H20N4O2S.C2H6/c1-10-6-12-7-11(8-15(12)9-13-10)14-19(17,18)16-4-2-3-5-16;1-2/h6,9-11,14H,2-5,7-8H2,1H3;1-2H3/t10-,11-;/m0./s1. The summed E-state index contributed by atoms with van der Waals surface area (Å²) < 4.78 is 28.8. The van der Waals surface area contributed by atoms with Crippen LogP contribution in [0.3, 0.4) is 0 Å². The minimum Gasteiger partial charge on any atom is -0.335 e. The lowest BCUT2D eigenvalue weighted by molar-refractivity contribution is 0.449. The fourth-order valence-electron chi connectivity index (χ4n) is 2.87. The molecule has 3 rings (SSSR count). The van der Waals surface area contributed by atoms with E-state index >= 15 is 0 Å². The van der Waals surface area contributed by atoms with E-state index in [0.29, 0.717) is 19.6 Å². The highest BCUT2D eigenvalue weighted by atomic mass is 32.2. The molecule has 120 valence electrons. The summed E-state index contributed by atoms with van der Waals surface area (Å²) in [6.07, 6.45) is 6.61. The van der Waals surface area contributed by atoms with Crippen molar-refractivity contribution in [2.75, 3.05) is 19.6 Å². The van der Waals surface area contributed by atoms with Gasteiger partial charge in [0.1, 0.15) is 0 Å². The van der Waals surface area contributed by atoms with Crippen molar-refractivity contribution < 1.29 is 8.42 Å². The Balaban J connectivity index is 0.000000774. The third kappa shape index (κ3) is 3.84. The van der Waals surface area contributed by atoms with Crippen molar-refractivity contribution in [3.63, 3.8) is 0 Å². The van der Waals surface area contributed by atoms with Gasteiger partial charge in [-0.1, -0.05) is 13.8 Å². The van der Waals surface area contributed by atoms with Gasteiger partial charge in [-0.15, -0.1) is 0 Å². The van der Waals surface area contributed by atoms with Crippen molar-refractivity contribution in [3.8, 4) is 0 Å². The van der Waals surface area contributed by atoms with Crippen molar-refractivity contribution in [1.82, 2.24) is 13.9 Å². The highest BCUT2D eigenvalue weighted by Gasteiger charge is 2.33. The van der Waals surface area contributed by atoms with E-state index in [0.717, 1.165) is 19.3 Å². The van der Waals surface area contributed by atoms with Gasteiger partial charge in [0, 0.05) is 37.8 Å². The van der Waals surface area contributed by atoms with Gasteiger partial charge in [0.15, 0.2) is 0 Å². The molecule has 0 radical (unpaired) electrons. The van der Waals surface area contributed by atoms with Gasteiger partial charge in [0.05, 0.1) is 12.4 Å². The minimum absolute atomic E-state index is 0.0476. The first-order valence-corrected chi connectivity index (χ1v) is 9.27. The summed E-state index contributed by atoms with van der Waals surface area (Å²) in [5.41, 5.74) is 1.18. The Morgan fingerprint density at radius 1 is 1.29 bits per heavy atom. The molecule has 0 aromatic carbocycles. The van der Waals surface area contributed by atoms with Crippen molar-refractivity contribution in [3.05, 3.63) is 11.8 Å². The van der Waals surface area contributed by atoms with Gasteiger partial charge in [-0.05, 0) is 25.8 Å². The first kappa shape index (κ1) is 16.5. The molecule has 0 aromatic heterocycles. The maximum Gasteiger partial charge on any atom is 0.279 e. The van der Waals surface area contributed by atoms with E-state index in [-0.39, 0.29) is 12.1 Å². The van der Waals surface area contributed by atoms with Crippen molar-refractivity contribution in [2.24, 2.45) is 4.99 Å². The molecule has 21 heavy (non-hydrogen) atoms. The van der Waals surface area contributed by atoms with Crippen LogP contribution in [0.2, 0.25) is 0 Å². The summed E-state index contributed by atoms with van der Waals surface area (Å²) in [5.74, 6) is 0. The number of hydrogen-bond donors (Lipinski definition) is 1. The van der Waals surface area contributed by atoms with E-state index in [1.54, 1.807) is 4.31 Å². The SMILES string of the molecule is CC.C[C@H]1C=C2C[C@H](NS(=O)(=O)N3CCCC3)CN2C=N1. The summed E-state index contributed by atoms with van der Waals surface area (Å²) in [7, 11) is -3.31. The molecule has 0 saturated carbocycles. The average molecular weight is 314 g/mol. The Bertz CT molecular complexity index is 509. The highest BCUT2D eigenvalue weighted by Crippen LogP contribution is 2.24. The number of aliphatic imine (C=N–C) groups is 1. The number of rotatable bonds is 3. The second-order valence-electron chi connectivity index (χ2n) is 5.45. The average Bonchev–Trinajstić information content (AvgIpc) is 3.08. The van der Waals surface area contributed by atoms with E-state index in [1.165, 1.54) is 5.70 Å². The normalized spacial score (nSPS) is 28.9. The first-order chi connectivity index (χ1) is 10.0. The predicted molar refractivity (Wildman–Crippen MR) is 85.4 cm³/mol. The number of hydrogen-bond acceptors (Lipinski definition) is 4. The van der Waals surface area contributed by atoms with Crippen LogP contribution >= 0.6 is 0 Å². The van der Waals surface area contributed by atoms with Crippen LogP contribution in [0.25, 0.3) is 0 Å². The summed E-state index contributed by atoms with van der Waals surface area (Å²) in [6, 6.07) is 0.147. The predicted octanol–water partition coefficient (Wildman–Crippen LogP) is 1.33. The molecule has 7 heteroatoms. The van der Waals surface area contributed by atoms with Crippen molar-refractivity contribution in [2.45, 2.75) is 52.1 Å². The molecule has 3 aliphatic rings. The molecule has 6 nitrogen and oxygen atoms in total. The Hall–Kier alpha value is -0.920. The molecule has 2 saturated heterocycles. The largest absolute Gasteiger partial charge is 0.335 e. The van der Waals surface area contributed by atoms with E-state index in [9.17, 15) is 8.42 Å². The Morgan fingerprint density at radius 3 is 2.62 bits per heavy atom. The monoisotopic (exact) mass is 314 g/mol. The van der Waals surface area contributed by atoms with Crippen LogP contribution in [0, 0.1) is 0 Å². The second-order valence-corrected chi connectivity index (χ2v) is 7.15. The summed E-state index contributed by atoms with van der Waals surface area (Å²) in [4.78, 5) is 6.36. The molecule has 0 bridgehead atoms. The van der Waals surface area contributed by atoms with Crippen LogP contribution in [-0.4, -0.2) is 55.7 Å². The molecule has 0 unspecified atom stereocenters. The quantitative estimate of drug-likeness (QED) is 0.855. The first-order valence-electron chi connectivity index (χ1n) is 7.83. The molecular weight excluding hydrogens is 288 g/mol. The summed E-state index contributed by atoms with van der Waals surface area (Å²) in [6.45, 7) is 8.00. The highest BCUT2D eigenvalue weighted by molar-refractivity contribution is 7.87. The fraction of sp³-hybridized carbons (Fsp3) is 0.786. The number of nitrogens with one attached hydrogen (secondary N) is 1. The zero-order valence-electron chi connectivity index (χ0n) is 13.1. The van der Waals surface area contributed by atoms with Gasteiger partial charge in [0.2, 0.25) is 0 Å². The fourth-order valence-corrected chi connectivity index (χ4v) is 4.34. The summed E-state index contributed by atoms with van der Waals surface area (Å²) >= 11 is 0. The molecule has 2 atom stereocenters. The van der Waals surface area contributed by atoms with Crippen LogP contribution in [0.1, 0.15) is 40.0 Å². The molecule has 1 N–H and O–H groups in total. The Kier molecular flexibility index (Phi) is 5.40. The van der Waals surface area contributed by atoms with Gasteiger partial charge >= 0.3 is 0 Å². The number of nitrogens with zero attached hydrogens (tertiary/aromatic N) is 3. The second kappa shape index (κ2) is 6.89. The van der Waals surface area contributed by atoms with Crippen LogP contribution in [0.5, 0.6) is 0 Å². The Labute approximate surface area is 128 Å². The topological polar surface area (TPSA) is 65.0 Å². The zero-order valence-corrected chi connectivity index (χ0v) is 13.9. The van der Waals surface area contributed by atoms with Gasteiger partial charge in [0.25, 0.3) is 10.2 Å².